The average molecular weight is 353 g/mol. The van der Waals surface area contributed by atoms with Crippen LogP contribution in [0.5, 0.6) is 0 Å². The predicted octanol–water partition coefficient (Wildman–Crippen LogP) is 4.61. The van der Waals surface area contributed by atoms with Gasteiger partial charge < -0.3 is 9.52 Å². The second kappa shape index (κ2) is 4.92. The van der Waals surface area contributed by atoms with Crippen molar-refractivity contribution in [1.82, 2.24) is 4.98 Å². The lowest BCUT2D eigenvalue weighted by atomic mass is 10.2. The Morgan fingerprint density at radius 2 is 2.10 bits per heavy atom. The molecule has 0 bridgehead atoms. The number of hydrogen-bond donors (Lipinski definition) is 1. The molecule has 6 heteroatoms. The number of oxazole rings is 1. The highest BCUT2D eigenvalue weighted by Crippen LogP contribution is 2.33. The van der Waals surface area contributed by atoms with Crippen LogP contribution in [0.2, 0.25) is 5.02 Å². The van der Waals surface area contributed by atoms with Gasteiger partial charge in [0.2, 0.25) is 5.89 Å². The number of aromatic nitrogens is 1. The van der Waals surface area contributed by atoms with Crippen molar-refractivity contribution in [2.24, 2.45) is 0 Å². The number of fused-ring (bicyclic) bond motifs is 1. The number of benzene rings is 2. The van der Waals surface area contributed by atoms with Crippen molar-refractivity contribution in [3.8, 4) is 11.5 Å². The van der Waals surface area contributed by atoms with Crippen molar-refractivity contribution >= 4 is 44.6 Å². The van der Waals surface area contributed by atoms with Crippen molar-refractivity contribution in [2.45, 2.75) is 0 Å². The van der Waals surface area contributed by atoms with E-state index >= 15 is 0 Å². The maximum absolute atomic E-state index is 11.2. The number of nitrogens with zero attached hydrogens (tertiary/aromatic N) is 1. The molecule has 0 spiro atoms. The van der Waals surface area contributed by atoms with Gasteiger partial charge >= 0.3 is 5.97 Å². The summed E-state index contributed by atoms with van der Waals surface area (Å²) in [6.45, 7) is 0. The van der Waals surface area contributed by atoms with Crippen molar-refractivity contribution < 1.29 is 14.3 Å². The molecular weight excluding hydrogens is 346 g/mol. The molecular formula is C14H7BrClNO3. The van der Waals surface area contributed by atoms with E-state index in [-0.39, 0.29) is 11.1 Å². The van der Waals surface area contributed by atoms with Crippen LogP contribution < -0.4 is 0 Å². The molecule has 1 N–H and O–H groups in total. The Kier molecular flexibility index (Phi) is 3.23. The van der Waals surface area contributed by atoms with Gasteiger partial charge in [0.1, 0.15) is 11.1 Å². The van der Waals surface area contributed by atoms with Crippen molar-refractivity contribution in [1.29, 1.82) is 0 Å². The molecule has 0 fully saturated rings. The van der Waals surface area contributed by atoms with Gasteiger partial charge in [-0.15, -0.1) is 0 Å². The van der Waals surface area contributed by atoms with E-state index in [1.807, 2.05) is 0 Å². The third kappa shape index (κ3) is 2.19. The van der Waals surface area contributed by atoms with Crippen molar-refractivity contribution in [3.63, 3.8) is 0 Å². The SMILES string of the molecule is O=C(O)c1cccc2nc(-c3ccc(Cl)cc3Br)oc12. The van der Waals surface area contributed by atoms with Crippen molar-refractivity contribution in [3.05, 3.63) is 51.5 Å². The zero-order valence-corrected chi connectivity index (χ0v) is 12.3. The Morgan fingerprint density at radius 1 is 1.30 bits per heavy atom. The van der Waals surface area contributed by atoms with E-state index in [1.54, 1.807) is 30.3 Å². The van der Waals surface area contributed by atoms with Gasteiger partial charge in [-0.3, -0.25) is 0 Å². The molecule has 2 aromatic carbocycles. The summed E-state index contributed by atoms with van der Waals surface area (Å²) in [7, 11) is 0. The molecule has 0 saturated heterocycles. The van der Waals surface area contributed by atoms with Crippen LogP contribution in [0, 0.1) is 0 Å². The highest BCUT2D eigenvalue weighted by Gasteiger charge is 2.16. The van der Waals surface area contributed by atoms with Gasteiger partial charge in [0.05, 0.1) is 5.56 Å². The number of halogens is 2. The monoisotopic (exact) mass is 351 g/mol. The topological polar surface area (TPSA) is 63.3 Å². The number of aromatic carboxylic acids is 1. The van der Waals surface area contributed by atoms with E-state index < -0.39 is 5.97 Å². The molecule has 4 nitrogen and oxygen atoms in total. The first-order valence-electron chi connectivity index (χ1n) is 5.64. The average Bonchev–Trinajstić information content (AvgIpc) is 2.81. The predicted molar refractivity (Wildman–Crippen MR) is 79.1 cm³/mol. The number of carboxylic acids is 1. The summed E-state index contributed by atoms with van der Waals surface area (Å²) in [5.41, 5.74) is 1.56. The highest BCUT2D eigenvalue weighted by atomic mass is 79.9. The summed E-state index contributed by atoms with van der Waals surface area (Å²) in [6.07, 6.45) is 0. The van der Waals surface area contributed by atoms with Gasteiger partial charge in [0.25, 0.3) is 0 Å². The summed E-state index contributed by atoms with van der Waals surface area (Å²) in [5, 5.41) is 9.73. The molecule has 0 aliphatic rings. The van der Waals surface area contributed by atoms with Crippen LogP contribution in [-0.4, -0.2) is 16.1 Å². The zero-order valence-electron chi connectivity index (χ0n) is 9.93. The van der Waals surface area contributed by atoms with E-state index in [1.165, 1.54) is 6.07 Å². The quantitative estimate of drug-likeness (QED) is 0.731. The molecule has 0 atom stereocenters. The molecule has 0 radical (unpaired) electrons. The molecule has 20 heavy (non-hydrogen) atoms. The number of carbonyl (C=O) groups is 1. The van der Waals surface area contributed by atoms with E-state index in [9.17, 15) is 4.79 Å². The molecule has 0 aliphatic heterocycles. The molecule has 0 aliphatic carbocycles. The first-order valence-corrected chi connectivity index (χ1v) is 6.81. The van der Waals surface area contributed by atoms with Crippen LogP contribution in [0.25, 0.3) is 22.6 Å². The van der Waals surface area contributed by atoms with E-state index in [2.05, 4.69) is 20.9 Å². The summed E-state index contributed by atoms with van der Waals surface area (Å²) in [5.74, 6) is -0.703. The lowest BCUT2D eigenvalue weighted by Crippen LogP contribution is -1.95. The standard InChI is InChI=1S/C14H7BrClNO3/c15-10-6-7(16)4-5-8(10)13-17-11-3-1-2-9(14(18)19)12(11)20-13/h1-6H,(H,18,19). The fourth-order valence-electron chi connectivity index (χ4n) is 1.90. The molecule has 1 aromatic heterocycles. The minimum absolute atomic E-state index is 0.0892. The molecule has 3 aromatic rings. The lowest BCUT2D eigenvalue weighted by Gasteiger charge is -1.99. The van der Waals surface area contributed by atoms with Crippen LogP contribution in [0.3, 0.4) is 0 Å². The summed E-state index contributed by atoms with van der Waals surface area (Å²) in [4.78, 5) is 15.5. The first-order chi connectivity index (χ1) is 9.56. The number of rotatable bonds is 2. The van der Waals surface area contributed by atoms with Crippen LogP contribution in [0.4, 0.5) is 0 Å². The fraction of sp³-hybridized carbons (Fsp3) is 0. The minimum Gasteiger partial charge on any atom is -0.478 e. The third-order valence-electron chi connectivity index (χ3n) is 2.81. The minimum atomic E-state index is -1.05. The van der Waals surface area contributed by atoms with Crippen molar-refractivity contribution in [2.75, 3.05) is 0 Å². The molecule has 3 rings (SSSR count). The molecule has 1 heterocycles. The summed E-state index contributed by atoms with van der Waals surface area (Å²) in [6, 6.07) is 10.0. The number of para-hydroxylation sites is 1. The highest BCUT2D eigenvalue weighted by molar-refractivity contribution is 9.10. The Balaban J connectivity index is 2.23. The molecule has 0 unspecified atom stereocenters. The van der Waals surface area contributed by atoms with Crippen LogP contribution >= 0.6 is 27.5 Å². The second-order valence-electron chi connectivity index (χ2n) is 4.10. The Bertz CT molecular complexity index is 828. The normalized spacial score (nSPS) is 10.9. The Labute approximate surface area is 127 Å². The maximum Gasteiger partial charge on any atom is 0.339 e. The van der Waals surface area contributed by atoms with E-state index in [0.717, 1.165) is 4.47 Å². The maximum atomic E-state index is 11.2. The van der Waals surface area contributed by atoms with Gasteiger partial charge in [-0.25, -0.2) is 9.78 Å². The van der Waals surface area contributed by atoms with Crippen LogP contribution in [0.1, 0.15) is 10.4 Å². The lowest BCUT2D eigenvalue weighted by molar-refractivity contribution is 0.0698. The van der Waals surface area contributed by atoms with E-state index in [4.69, 9.17) is 21.1 Å². The van der Waals surface area contributed by atoms with Gasteiger partial charge in [-0.2, -0.15) is 0 Å². The van der Waals surface area contributed by atoms with Crippen LogP contribution in [0.15, 0.2) is 45.3 Å². The number of carboxylic acid groups (broad SMARTS) is 1. The molecule has 100 valence electrons. The summed E-state index contributed by atoms with van der Waals surface area (Å²) >= 11 is 9.28. The zero-order chi connectivity index (χ0) is 14.3. The largest absolute Gasteiger partial charge is 0.478 e. The van der Waals surface area contributed by atoms with Crippen LogP contribution in [-0.2, 0) is 0 Å². The third-order valence-corrected chi connectivity index (χ3v) is 3.70. The van der Waals surface area contributed by atoms with Gasteiger partial charge in [-0.05, 0) is 46.3 Å². The second-order valence-corrected chi connectivity index (χ2v) is 5.39. The van der Waals surface area contributed by atoms with Gasteiger partial charge in [-0.1, -0.05) is 17.7 Å². The van der Waals surface area contributed by atoms with Gasteiger partial charge in [0.15, 0.2) is 5.58 Å². The summed E-state index contributed by atoms with van der Waals surface area (Å²) < 4.78 is 6.33. The Hall–Kier alpha value is -1.85. The van der Waals surface area contributed by atoms with Gasteiger partial charge in [0, 0.05) is 9.50 Å². The van der Waals surface area contributed by atoms with E-state index in [0.29, 0.717) is 22.0 Å². The molecule has 0 saturated carbocycles. The number of hydrogen-bond acceptors (Lipinski definition) is 3. The molecule has 0 amide bonds. The fourth-order valence-corrected chi connectivity index (χ4v) is 2.75. The smallest absolute Gasteiger partial charge is 0.339 e. The first kappa shape index (κ1) is 13.1. The Morgan fingerprint density at radius 3 is 2.80 bits per heavy atom.